The standard InChI is InChI=1S/C9H11ClN2O3/c10-7-5-9(13)6(2-1-3-11)4-8(7)12(14)15/h4-5,13H,1-3,11H2. The maximum absolute atomic E-state index is 10.6. The summed E-state index contributed by atoms with van der Waals surface area (Å²) in [7, 11) is 0. The van der Waals surface area contributed by atoms with Gasteiger partial charge in [-0.05, 0) is 19.4 Å². The van der Waals surface area contributed by atoms with Gasteiger partial charge in [-0.15, -0.1) is 0 Å². The maximum atomic E-state index is 10.6. The van der Waals surface area contributed by atoms with Crippen LogP contribution < -0.4 is 5.73 Å². The van der Waals surface area contributed by atoms with Gasteiger partial charge in [-0.3, -0.25) is 10.1 Å². The van der Waals surface area contributed by atoms with Crippen LogP contribution in [0.4, 0.5) is 5.69 Å². The Hall–Kier alpha value is -1.33. The molecule has 0 aliphatic heterocycles. The van der Waals surface area contributed by atoms with Gasteiger partial charge in [0.15, 0.2) is 0 Å². The molecule has 0 heterocycles. The summed E-state index contributed by atoms with van der Waals surface area (Å²) in [6.07, 6.45) is 1.16. The molecule has 3 N–H and O–H groups in total. The van der Waals surface area contributed by atoms with Crippen molar-refractivity contribution in [2.24, 2.45) is 5.73 Å². The van der Waals surface area contributed by atoms with Crippen molar-refractivity contribution >= 4 is 17.3 Å². The second-order valence-electron chi connectivity index (χ2n) is 3.08. The molecule has 0 aliphatic rings. The van der Waals surface area contributed by atoms with Gasteiger partial charge in [0.1, 0.15) is 10.8 Å². The van der Waals surface area contributed by atoms with Crippen molar-refractivity contribution in [3.05, 3.63) is 32.8 Å². The Morgan fingerprint density at radius 3 is 2.73 bits per heavy atom. The van der Waals surface area contributed by atoms with E-state index in [4.69, 9.17) is 17.3 Å². The predicted molar refractivity (Wildman–Crippen MR) is 57.1 cm³/mol. The van der Waals surface area contributed by atoms with Gasteiger partial charge in [-0.1, -0.05) is 11.6 Å². The monoisotopic (exact) mass is 230 g/mol. The van der Waals surface area contributed by atoms with E-state index in [0.29, 0.717) is 24.9 Å². The minimum absolute atomic E-state index is 0.0287. The molecule has 82 valence electrons. The molecule has 1 aromatic rings. The molecule has 0 fully saturated rings. The number of phenolic OH excluding ortho intramolecular Hbond substituents is 1. The Morgan fingerprint density at radius 2 is 2.20 bits per heavy atom. The van der Waals surface area contributed by atoms with Gasteiger partial charge >= 0.3 is 0 Å². The minimum atomic E-state index is -0.576. The Morgan fingerprint density at radius 1 is 1.53 bits per heavy atom. The fourth-order valence-corrected chi connectivity index (χ4v) is 1.45. The number of aromatic hydroxyl groups is 1. The van der Waals surface area contributed by atoms with Crippen LogP contribution in [-0.2, 0) is 6.42 Å². The summed E-state index contributed by atoms with van der Waals surface area (Å²) >= 11 is 5.60. The van der Waals surface area contributed by atoms with Crippen molar-refractivity contribution in [2.45, 2.75) is 12.8 Å². The number of nitrogens with two attached hydrogens (primary N) is 1. The summed E-state index contributed by atoms with van der Waals surface area (Å²) in [5.41, 5.74) is 5.62. The third-order valence-electron chi connectivity index (χ3n) is 2.00. The van der Waals surface area contributed by atoms with Gasteiger partial charge in [-0.25, -0.2) is 0 Å². The van der Waals surface area contributed by atoms with E-state index in [1.807, 2.05) is 0 Å². The third-order valence-corrected chi connectivity index (χ3v) is 2.30. The lowest BCUT2D eigenvalue weighted by Crippen LogP contribution is -2.01. The van der Waals surface area contributed by atoms with E-state index in [2.05, 4.69) is 0 Å². The zero-order chi connectivity index (χ0) is 11.4. The van der Waals surface area contributed by atoms with Crippen LogP contribution in [0.2, 0.25) is 5.02 Å². The fourth-order valence-electron chi connectivity index (χ4n) is 1.23. The van der Waals surface area contributed by atoms with Crippen molar-refractivity contribution in [3.8, 4) is 5.75 Å². The summed E-state index contributed by atoms with van der Waals surface area (Å²) in [5, 5.41) is 20.0. The number of nitro groups is 1. The van der Waals surface area contributed by atoms with Crippen LogP contribution in [0.15, 0.2) is 12.1 Å². The van der Waals surface area contributed by atoms with Crippen LogP contribution in [0.3, 0.4) is 0 Å². The highest BCUT2D eigenvalue weighted by atomic mass is 35.5. The first-order chi connectivity index (χ1) is 7.06. The number of nitro benzene ring substituents is 1. The lowest BCUT2D eigenvalue weighted by Gasteiger charge is -2.04. The Kier molecular flexibility index (Phi) is 3.88. The van der Waals surface area contributed by atoms with Crippen molar-refractivity contribution in [1.29, 1.82) is 0 Å². The first-order valence-corrected chi connectivity index (χ1v) is 4.80. The first kappa shape index (κ1) is 11.7. The quantitative estimate of drug-likeness (QED) is 0.610. The second-order valence-corrected chi connectivity index (χ2v) is 3.49. The average molecular weight is 231 g/mol. The van der Waals surface area contributed by atoms with Gasteiger partial charge in [0.2, 0.25) is 0 Å². The highest BCUT2D eigenvalue weighted by molar-refractivity contribution is 6.32. The highest BCUT2D eigenvalue weighted by Crippen LogP contribution is 2.32. The molecule has 0 spiro atoms. The van der Waals surface area contributed by atoms with E-state index in [9.17, 15) is 15.2 Å². The normalized spacial score (nSPS) is 10.3. The fraction of sp³-hybridized carbons (Fsp3) is 0.333. The lowest BCUT2D eigenvalue weighted by molar-refractivity contribution is -0.384. The smallest absolute Gasteiger partial charge is 0.288 e. The number of benzene rings is 1. The summed E-state index contributed by atoms with van der Waals surface area (Å²) < 4.78 is 0. The van der Waals surface area contributed by atoms with Crippen LogP contribution in [0.5, 0.6) is 5.75 Å². The van der Waals surface area contributed by atoms with Gasteiger partial charge in [0, 0.05) is 17.7 Å². The number of rotatable bonds is 4. The Bertz CT molecular complexity index is 382. The van der Waals surface area contributed by atoms with Crippen LogP contribution in [-0.4, -0.2) is 16.6 Å². The van der Waals surface area contributed by atoms with Crippen molar-refractivity contribution in [1.82, 2.24) is 0 Å². The SMILES string of the molecule is NCCCc1cc([N+](=O)[O-])c(Cl)cc1O. The molecule has 0 unspecified atom stereocenters. The summed E-state index contributed by atoms with van der Waals surface area (Å²) in [6.45, 7) is 0.468. The van der Waals surface area contributed by atoms with Crippen molar-refractivity contribution in [2.75, 3.05) is 6.54 Å². The molecular weight excluding hydrogens is 220 g/mol. The molecule has 0 saturated heterocycles. The summed E-state index contributed by atoms with van der Waals surface area (Å²) in [6, 6.07) is 2.47. The Labute approximate surface area is 91.6 Å². The molecule has 1 rings (SSSR count). The Balaban J connectivity index is 3.06. The van der Waals surface area contributed by atoms with Crippen LogP contribution in [0, 0.1) is 10.1 Å². The van der Waals surface area contributed by atoms with Crippen molar-refractivity contribution < 1.29 is 10.0 Å². The number of hydrogen-bond acceptors (Lipinski definition) is 4. The molecule has 0 aliphatic carbocycles. The average Bonchev–Trinajstić information content (AvgIpc) is 2.16. The van der Waals surface area contributed by atoms with E-state index in [-0.39, 0.29) is 16.5 Å². The van der Waals surface area contributed by atoms with Crippen LogP contribution >= 0.6 is 11.6 Å². The van der Waals surface area contributed by atoms with E-state index < -0.39 is 4.92 Å². The zero-order valence-electron chi connectivity index (χ0n) is 7.94. The zero-order valence-corrected chi connectivity index (χ0v) is 8.70. The van der Waals surface area contributed by atoms with E-state index in [1.165, 1.54) is 12.1 Å². The van der Waals surface area contributed by atoms with Gasteiger partial charge in [0.25, 0.3) is 5.69 Å². The minimum Gasteiger partial charge on any atom is -0.508 e. The molecule has 1 aromatic carbocycles. The second kappa shape index (κ2) is 4.95. The molecule has 0 amide bonds. The molecule has 0 saturated carbocycles. The molecule has 0 aromatic heterocycles. The number of nitrogens with zero attached hydrogens (tertiary/aromatic N) is 1. The number of hydrogen-bond donors (Lipinski definition) is 2. The molecule has 0 atom stereocenters. The molecule has 0 radical (unpaired) electrons. The molecule has 6 heteroatoms. The van der Waals surface area contributed by atoms with Gasteiger partial charge in [-0.2, -0.15) is 0 Å². The van der Waals surface area contributed by atoms with Crippen LogP contribution in [0.1, 0.15) is 12.0 Å². The first-order valence-electron chi connectivity index (χ1n) is 4.42. The number of halogens is 1. The molecule has 15 heavy (non-hydrogen) atoms. The molecule has 5 nitrogen and oxygen atoms in total. The van der Waals surface area contributed by atoms with E-state index in [0.717, 1.165) is 0 Å². The summed E-state index contributed by atoms with van der Waals surface area (Å²) in [5.74, 6) is -0.0287. The van der Waals surface area contributed by atoms with E-state index in [1.54, 1.807) is 0 Å². The number of phenols is 1. The van der Waals surface area contributed by atoms with Crippen LogP contribution in [0.25, 0.3) is 0 Å². The third kappa shape index (κ3) is 2.81. The largest absolute Gasteiger partial charge is 0.508 e. The summed E-state index contributed by atoms with van der Waals surface area (Å²) in [4.78, 5) is 10.00. The topological polar surface area (TPSA) is 89.4 Å². The van der Waals surface area contributed by atoms with E-state index >= 15 is 0 Å². The highest BCUT2D eigenvalue weighted by Gasteiger charge is 2.15. The molecule has 0 bridgehead atoms. The number of aryl methyl sites for hydroxylation is 1. The predicted octanol–water partition coefficient (Wildman–Crippen LogP) is 1.85. The maximum Gasteiger partial charge on any atom is 0.288 e. The van der Waals surface area contributed by atoms with Crippen molar-refractivity contribution in [3.63, 3.8) is 0 Å². The molecular formula is C9H11ClN2O3. The lowest BCUT2D eigenvalue weighted by atomic mass is 10.1. The van der Waals surface area contributed by atoms with Gasteiger partial charge in [0.05, 0.1) is 4.92 Å². The van der Waals surface area contributed by atoms with Gasteiger partial charge < -0.3 is 10.8 Å².